The van der Waals surface area contributed by atoms with Crippen LogP contribution in [0.3, 0.4) is 0 Å². The fourth-order valence-electron chi connectivity index (χ4n) is 3.36. The molecule has 1 atom stereocenters. The molecule has 150 valence electrons. The second-order valence-electron chi connectivity index (χ2n) is 6.76. The van der Waals surface area contributed by atoms with Crippen molar-refractivity contribution in [1.82, 2.24) is 15.2 Å². The number of halogens is 1. The molecular weight excluding hydrogens is 406 g/mol. The number of hydrogen-bond acceptors (Lipinski definition) is 6. The Morgan fingerprint density at radius 3 is 2.89 bits per heavy atom. The summed E-state index contributed by atoms with van der Waals surface area (Å²) in [5.74, 6) is 0.347. The van der Waals surface area contributed by atoms with Crippen LogP contribution in [-0.4, -0.2) is 48.4 Å². The van der Waals surface area contributed by atoms with E-state index in [9.17, 15) is 13.2 Å². The van der Waals surface area contributed by atoms with Crippen LogP contribution < -0.4 is 9.62 Å². The van der Waals surface area contributed by atoms with Crippen molar-refractivity contribution < 1.29 is 17.9 Å². The van der Waals surface area contributed by atoms with Crippen molar-refractivity contribution in [3.63, 3.8) is 0 Å². The van der Waals surface area contributed by atoms with Gasteiger partial charge in [-0.3, -0.25) is 19.5 Å². The van der Waals surface area contributed by atoms with E-state index in [-0.39, 0.29) is 28.4 Å². The molecule has 28 heavy (non-hydrogen) atoms. The van der Waals surface area contributed by atoms with Crippen molar-refractivity contribution in [2.24, 2.45) is 0 Å². The van der Waals surface area contributed by atoms with Crippen LogP contribution in [0.2, 0.25) is 5.02 Å². The third-order valence-corrected chi connectivity index (χ3v) is 6.98. The summed E-state index contributed by atoms with van der Waals surface area (Å²) in [6, 6.07) is 4.58. The minimum absolute atomic E-state index is 0.116. The van der Waals surface area contributed by atoms with Gasteiger partial charge in [0.05, 0.1) is 22.0 Å². The number of H-pyrrole nitrogens is 1. The Morgan fingerprint density at radius 2 is 2.18 bits per heavy atom. The van der Waals surface area contributed by atoms with Gasteiger partial charge < -0.3 is 4.74 Å². The molecule has 2 aliphatic heterocycles. The molecule has 4 rings (SSSR count). The smallest absolute Gasteiger partial charge is 0.259 e. The molecule has 1 aromatic carbocycles. The van der Waals surface area contributed by atoms with Gasteiger partial charge in [-0.25, -0.2) is 8.42 Å². The number of rotatable bonds is 4. The summed E-state index contributed by atoms with van der Waals surface area (Å²) in [6.07, 6.45) is 3.12. The Morgan fingerprint density at radius 1 is 1.32 bits per heavy atom. The number of benzene rings is 1. The normalized spacial score (nSPS) is 21.6. The van der Waals surface area contributed by atoms with Gasteiger partial charge in [-0.15, -0.1) is 5.10 Å². The van der Waals surface area contributed by atoms with Gasteiger partial charge in [-0.05, 0) is 43.9 Å². The van der Waals surface area contributed by atoms with E-state index < -0.39 is 15.9 Å². The number of anilines is 2. The second kappa shape index (κ2) is 7.69. The summed E-state index contributed by atoms with van der Waals surface area (Å²) in [6.45, 7) is 1.09. The zero-order chi connectivity index (χ0) is 19.7. The number of nitrogens with zero attached hydrogens (tertiary/aromatic N) is 3. The number of amides is 1. The molecule has 0 radical (unpaired) electrons. The van der Waals surface area contributed by atoms with E-state index in [0.29, 0.717) is 31.1 Å². The van der Waals surface area contributed by atoms with Gasteiger partial charge in [0.2, 0.25) is 16.0 Å². The van der Waals surface area contributed by atoms with Crippen LogP contribution in [-0.2, 0) is 14.8 Å². The van der Waals surface area contributed by atoms with Gasteiger partial charge >= 0.3 is 0 Å². The number of carbonyl (C=O) groups is 1. The standard InChI is InChI=1S/C17H20ClN5O4S/c18-13-10-11(23-7-1-2-9-28(23,25)26)5-6-12(13)16(24)20-17-19-15(21-22-17)14-4-3-8-27-14/h5-6,10,14H,1-4,7-9H2,(H2,19,20,21,22,24). The molecule has 2 aliphatic rings. The van der Waals surface area contributed by atoms with Crippen LogP contribution in [0.4, 0.5) is 11.6 Å². The van der Waals surface area contributed by atoms with Crippen molar-refractivity contribution in [1.29, 1.82) is 0 Å². The maximum Gasteiger partial charge on any atom is 0.259 e. The molecule has 0 saturated carbocycles. The maximum absolute atomic E-state index is 12.5. The molecule has 1 unspecified atom stereocenters. The van der Waals surface area contributed by atoms with Gasteiger partial charge in [0.1, 0.15) is 6.10 Å². The van der Waals surface area contributed by atoms with E-state index in [0.717, 1.165) is 19.3 Å². The summed E-state index contributed by atoms with van der Waals surface area (Å²) in [4.78, 5) is 16.8. The van der Waals surface area contributed by atoms with Crippen LogP contribution >= 0.6 is 11.6 Å². The van der Waals surface area contributed by atoms with Crippen molar-refractivity contribution >= 4 is 39.2 Å². The Balaban J connectivity index is 1.49. The average molecular weight is 426 g/mol. The summed E-state index contributed by atoms with van der Waals surface area (Å²) in [5.41, 5.74) is 0.670. The summed E-state index contributed by atoms with van der Waals surface area (Å²) in [7, 11) is -3.34. The van der Waals surface area contributed by atoms with Crippen LogP contribution in [0.1, 0.15) is 48.0 Å². The predicted molar refractivity (Wildman–Crippen MR) is 104 cm³/mol. The maximum atomic E-state index is 12.5. The number of carbonyl (C=O) groups excluding carboxylic acids is 1. The lowest BCUT2D eigenvalue weighted by Crippen LogP contribution is -2.37. The van der Waals surface area contributed by atoms with Crippen LogP contribution in [0.25, 0.3) is 0 Å². The molecule has 9 nitrogen and oxygen atoms in total. The number of aromatic nitrogens is 3. The quantitative estimate of drug-likeness (QED) is 0.777. The summed E-state index contributed by atoms with van der Waals surface area (Å²) < 4.78 is 31.3. The van der Waals surface area contributed by atoms with Gasteiger partial charge in [-0.1, -0.05) is 11.6 Å². The number of hydrogen-bond donors (Lipinski definition) is 2. The molecule has 0 aliphatic carbocycles. The number of sulfonamides is 1. The third-order valence-electron chi connectivity index (χ3n) is 4.80. The minimum atomic E-state index is -3.34. The third kappa shape index (κ3) is 3.85. The van der Waals surface area contributed by atoms with Gasteiger partial charge in [0.25, 0.3) is 5.91 Å². The summed E-state index contributed by atoms with van der Waals surface area (Å²) >= 11 is 6.26. The monoisotopic (exact) mass is 425 g/mol. The minimum Gasteiger partial charge on any atom is -0.370 e. The van der Waals surface area contributed by atoms with Gasteiger partial charge in [-0.2, -0.15) is 4.98 Å². The first kappa shape index (κ1) is 19.2. The van der Waals surface area contributed by atoms with Crippen molar-refractivity contribution in [2.75, 3.05) is 28.5 Å². The molecule has 0 spiro atoms. The second-order valence-corrected chi connectivity index (χ2v) is 9.18. The highest BCUT2D eigenvalue weighted by Crippen LogP contribution is 2.29. The Labute approximate surface area is 167 Å². The van der Waals surface area contributed by atoms with Crippen molar-refractivity contribution in [3.8, 4) is 0 Å². The molecule has 11 heteroatoms. The molecule has 1 amide bonds. The average Bonchev–Trinajstić information content (AvgIpc) is 3.32. The van der Waals surface area contributed by atoms with Crippen LogP contribution in [0.5, 0.6) is 0 Å². The number of aromatic amines is 1. The van der Waals surface area contributed by atoms with E-state index in [1.54, 1.807) is 6.07 Å². The topological polar surface area (TPSA) is 117 Å². The SMILES string of the molecule is O=C(Nc1n[nH]c(C2CCCO2)n1)c1ccc(N2CCCCS2(=O)=O)cc1Cl. The predicted octanol–water partition coefficient (Wildman–Crippen LogP) is 2.49. The lowest BCUT2D eigenvalue weighted by molar-refractivity contribution is 0.102. The zero-order valence-electron chi connectivity index (χ0n) is 15.0. The molecule has 0 bridgehead atoms. The highest BCUT2D eigenvalue weighted by Gasteiger charge is 2.27. The van der Waals surface area contributed by atoms with E-state index >= 15 is 0 Å². The van der Waals surface area contributed by atoms with Gasteiger partial charge in [0.15, 0.2) is 5.82 Å². The van der Waals surface area contributed by atoms with E-state index in [4.69, 9.17) is 16.3 Å². The number of nitrogens with one attached hydrogen (secondary N) is 2. The Kier molecular flexibility index (Phi) is 5.26. The first-order valence-corrected chi connectivity index (χ1v) is 11.1. The summed E-state index contributed by atoms with van der Waals surface area (Å²) in [5, 5.41) is 9.51. The first-order valence-electron chi connectivity index (χ1n) is 9.09. The largest absolute Gasteiger partial charge is 0.370 e. The fourth-order valence-corrected chi connectivity index (χ4v) is 5.25. The van der Waals surface area contributed by atoms with Crippen molar-refractivity contribution in [2.45, 2.75) is 31.8 Å². The zero-order valence-corrected chi connectivity index (χ0v) is 16.6. The van der Waals surface area contributed by atoms with Gasteiger partial charge in [0, 0.05) is 13.2 Å². The van der Waals surface area contributed by atoms with Crippen LogP contribution in [0, 0.1) is 0 Å². The Hall–Kier alpha value is -2.17. The lowest BCUT2D eigenvalue weighted by Gasteiger charge is -2.28. The molecule has 1 aromatic heterocycles. The molecule has 2 fully saturated rings. The molecule has 2 N–H and O–H groups in total. The number of ether oxygens (including phenoxy) is 1. The highest BCUT2D eigenvalue weighted by atomic mass is 35.5. The highest BCUT2D eigenvalue weighted by molar-refractivity contribution is 7.92. The fraction of sp³-hybridized carbons (Fsp3) is 0.471. The van der Waals surface area contributed by atoms with E-state index in [1.807, 2.05) is 0 Å². The van der Waals surface area contributed by atoms with Crippen LogP contribution in [0.15, 0.2) is 18.2 Å². The molecular formula is C17H20ClN5O4S. The molecule has 2 aromatic rings. The molecule has 2 saturated heterocycles. The Bertz CT molecular complexity index is 987. The van der Waals surface area contributed by atoms with E-state index in [2.05, 4.69) is 20.5 Å². The lowest BCUT2D eigenvalue weighted by atomic mass is 10.2. The first-order chi connectivity index (χ1) is 13.4. The molecule has 3 heterocycles. The van der Waals surface area contributed by atoms with Crippen molar-refractivity contribution in [3.05, 3.63) is 34.6 Å². The van der Waals surface area contributed by atoms with E-state index in [1.165, 1.54) is 16.4 Å².